The molecule has 0 unspecified atom stereocenters. The fourth-order valence-corrected chi connectivity index (χ4v) is 3.91. The first kappa shape index (κ1) is 21.5. The third-order valence-corrected chi connectivity index (χ3v) is 6.31. The van der Waals surface area contributed by atoms with Gasteiger partial charge in [0.15, 0.2) is 0 Å². The Labute approximate surface area is 191 Å². The molecule has 3 atom stereocenters. The highest BCUT2D eigenvalue weighted by Crippen LogP contribution is 2.36. The van der Waals surface area contributed by atoms with Crippen LogP contribution in [0.1, 0.15) is 61.1 Å². The van der Waals surface area contributed by atoms with Crippen LogP contribution in [0.4, 0.5) is 11.6 Å². The Hall–Kier alpha value is -3.30. The molecule has 3 aromatic heterocycles. The average molecular weight is 450 g/mol. The minimum absolute atomic E-state index is 0.0219. The number of anilines is 2. The molecule has 0 spiro atoms. The van der Waals surface area contributed by atoms with Gasteiger partial charge in [-0.25, -0.2) is 19.7 Å². The van der Waals surface area contributed by atoms with Crippen LogP contribution in [0, 0.1) is 0 Å². The van der Waals surface area contributed by atoms with Gasteiger partial charge in [0.25, 0.3) is 0 Å². The van der Waals surface area contributed by atoms with Crippen LogP contribution in [0.2, 0.25) is 0 Å². The van der Waals surface area contributed by atoms with Crippen LogP contribution in [0.15, 0.2) is 30.6 Å². The van der Waals surface area contributed by atoms with Gasteiger partial charge in [0.1, 0.15) is 23.8 Å². The summed E-state index contributed by atoms with van der Waals surface area (Å²) in [6.45, 7) is 5.36. The van der Waals surface area contributed by atoms with Crippen molar-refractivity contribution < 1.29 is 19.4 Å². The summed E-state index contributed by atoms with van der Waals surface area (Å²) in [5.74, 6) is 1.25. The lowest BCUT2D eigenvalue weighted by atomic mass is 9.91. The third-order valence-electron chi connectivity index (χ3n) is 6.31. The molecule has 4 heterocycles. The van der Waals surface area contributed by atoms with Crippen LogP contribution < -0.4 is 15.8 Å². The highest BCUT2D eigenvalue weighted by atomic mass is 16.5. The second kappa shape index (κ2) is 7.93. The lowest BCUT2D eigenvalue weighted by Crippen LogP contribution is -2.37. The first-order valence-electron chi connectivity index (χ1n) is 11.1. The number of fused-ring (bicyclic) bond motifs is 2. The molecular formula is C24H27N5O4. The van der Waals surface area contributed by atoms with E-state index >= 15 is 0 Å². The normalized spacial score (nSPS) is 21.8. The quantitative estimate of drug-likeness (QED) is 0.485. The van der Waals surface area contributed by atoms with Crippen molar-refractivity contribution in [3.8, 4) is 5.88 Å². The molecular weight excluding hydrogens is 422 g/mol. The number of esters is 1. The van der Waals surface area contributed by atoms with Crippen LogP contribution in [0.5, 0.6) is 5.88 Å². The number of ether oxygens (including phenoxy) is 2. The molecule has 1 fully saturated rings. The van der Waals surface area contributed by atoms with Gasteiger partial charge in [-0.2, -0.15) is 0 Å². The van der Waals surface area contributed by atoms with Crippen molar-refractivity contribution in [1.82, 2.24) is 15.0 Å². The van der Waals surface area contributed by atoms with E-state index in [4.69, 9.17) is 15.2 Å². The number of carbonyl (C=O) groups excluding carboxylic acids is 1. The van der Waals surface area contributed by atoms with E-state index in [0.717, 1.165) is 23.6 Å². The molecule has 33 heavy (non-hydrogen) atoms. The Balaban J connectivity index is 1.54. The summed E-state index contributed by atoms with van der Waals surface area (Å²) in [5, 5.41) is 14.6. The van der Waals surface area contributed by atoms with E-state index in [1.54, 1.807) is 31.5 Å². The molecule has 0 bridgehead atoms. The Morgan fingerprint density at radius 3 is 2.73 bits per heavy atom. The van der Waals surface area contributed by atoms with Crippen LogP contribution in [-0.4, -0.2) is 44.8 Å². The minimum Gasteiger partial charge on any atom is -0.474 e. The number of carbonyl (C=O) groups is 1. The number of nitrogens with one attached hydrogen (secondary N) is 1. The second-order valence-corrected chi connectivity index (χ2v) is 9.14. The summed E-state index contributed by atoms with van der Waals surface area (Å²) in [5.41, 5.74) is 7.24. The molecule has 1 saturated carbocycles. The number of aromatic nitrogens is 3. The average Bonchev–Trinajstić information content (AvgIpc) is 3.61. The number of cyclic esters (lactones) is 1. The number of nitrogens with two attached hydrogens (primary N) is 1. The maximum atomic E-state index is 12.2. The number of aliphatic hydroxyl groups excluding tert-OH is 1. The van der Waals surface area contributed by atoms with Crippen molar-refractivity contribution in [2.24, 2.45) is 5.73 Å². The highest BCUT2D eigenvalue weighted by Gasteiger charge is 2.32. The zero-order valence-corrected chi connectivity index (χ0v) is 18.8. The lowest BCUT2D eigenvalue weighted by molar-refractivity contribution is 0.0235. The van der Waals surface area contributed by atoms with Gasteiger partial charge in [-0.3, -0.25) is 0 Å². The van der Waals surface area contributed by atoms with Crippen LogP contribution >= 0.6 is 0 Å². The number of aliphatic hydroxyl groups is 1. The Bertz CT molecular complexity index is 1240. The van der Waals surface area contributed by atoms with Crippen molar-refractivity contribution in [3.05, 3.63) is 47.4 Å². The zero-order valence-electron chi connectivity index (χ0n) is 18.8. The van der Waals surface area contributed by atoms with Gasteiger partial charge in [-0.15, -0.1) is 0 Å². The molecule has 0 aromatic carbocycles. The monoisotopic (exact) mass is 449 g/mol. The van der Waals surface area contributed by atoms with E-state index in [2.05, 4.69) is 20.3 Å². The molecule has 1 aliphatic carbocycles. The number of nitrogens with zero attached hydrogens (tertiary/aromatic N) is 3. The van der Waals surface area contributed by atoms with E-state index in [0.29, 0.717) is 34.3 Å². The molecule has 1 aliphatic heterocycles. The molecule has 5 rings (SSSR count). The van der Waals surface area contributed by atoms with Crippen molar-refractivity contribution in [2.75, 3.05) is 11.9 Å². The van der Waals surface area contributed by atoms with Crippen molar-refractivity contribution >= 4 is 28.4 Å². The Morgan fingerprint density at radius 2 is 2.00 bits per heavy atom. The predicted octanol–water partition coefficient (Wildman–Crippen LogP) is 3.14. The maximum absolute atomic E-state index is 12.2. The highest BCUT2D eigenvalue weighted by molar-refractivity contribution is 5.93. The van der Waals surface area contributed by atoms with E-state index < -0.39 is 5.54 Å². The van der Waals surface area contributed by atoms with Gasteiger partial charge < -0.3 is 25.6 Å². The Morgan fingerprint density at radius 1 is 1.21 bits per heavy atom. The predicted molar refractivity (Wildman–Crippen MR) is 123 cm³/mol. The van der Waals surface area contributed by atoms with Crippen LogP contribution in [-0.2, 0) is 10.3 Å². The van der Waals surface area contributed by atoms with E-state index in [1.165, 1.54) is 0 Å². The van der Waals surface area contributed by atoms with Gasteiger partial charge in [-0.1, -0.05) is 6.92 Å². The maximum Gasteiger partial charge on any atom is 0.340 e. The first-order chi connectivity index (χ1) is 15.8. The molecule has 2 aliphatic rings. The van der Waals surface area contributed by atoms with Crippen molar-refractivity contribution in [2.45, 2.75) is 57.3 Å². The molecule has 172 valence electrons. The van der Waals surface area contributed by atoms with Gasteiger partial charge in [-0.05, 0) is 50.3 Å². The third kappa shape index (κ3) is 3.98. The molecule has 0 amide bonds. The Kier molecular flexibility index (Phi) is 5.18. The summed E-state index contributed by atoms with van der Waals surface area (Å²) < 4.78 is 11.3. The number of pyridine rings is 3. The minimum atomic E-state index is -0.988. The van der Waals surface area contributed by atoms with Crippen LogP contribution in [0.3, 0.4) is 0 Å². The van der Waals surface area contributed by atoms with Gasteiger partial charge >= 0.3 is 5.97 Å². The molecule has 0 radical (unpaired) electrons. The first-order valence-corrected chi connectivity index (χ1v) is 11.1. The van der Waals surface area contributed by atoms with E-state index in [9.17, 15) is 9.90 Å². The fourth-order valence-electron chi connectivity index (χ4n) is 3.91. The van der Waals surface area contributed by atoms with Gasteiger partial charge in [0.05, 0.1) is 28.8 Å². The standard InChI is InChI=1S/C24H27N5O4/c1-12-13(2)32-23(31)15-6-7-19(29-21(12)15)28-20-8-16-17(9-26-20)22(33-14-4-5-14)27-10-18(16)24(3,25)11-30/h6-10,12-14,30H,4-5,11,25H2,1-3H3,(H,26,28,29)/t12-,13-,24-/m0/s1. The van der Waals surface area contributed by atoms with Crippen molar-refractivity contribution in [3.63, 3.8) is 0 Å². The number of hydrogen-bond acceptors (Lipinski definition) is 9. The summed E-state index contributed by atoms with van der Waals surface area (Å²) in [7, 11) is 0. The summed E-state index contributed by atoms with van der Waals surface area (Å²) in [6.07, 6.45) is 5.32. The number of hydrogen-bond donors (Lipinski definition) is 3. The molecule has 9 heteroatoms. The largest absolute Gasteiger partial charge is 0.474 e. The smallest absolute Gasteiger partial charge is 0.340 e. The molecule has 4 N–H and O–H groups in total. The van der Waals surface area contributed by atoms with Gasteiger partial charge in [0, 0.05) is 23.9 Å². The van der Waals surface area contributed by atoms with Crippen molar-refractivity contribution in [1.29, 1.82) is 0 Å². The molecule has 3 aromatic rings. The summed E-state index contributed by atoms with van der Waals surface area (Å²) in [6, 6.07) is 5.30. The van der Waals surface area contributed by atoms with E-state index in [-0.39, 0.29) is 30.7 Å². The SMILES string of the molecule is C[C@@H]1OC(=O)c2ccc(Nc3cc4c([C@@](C)(N)CO)cnc(OC5CC5)c4cn3)nc2[C@H]1C. The fraction of sp³-hybridized carbons (Fsp3) is 0.417. The van der Waals surface area contributed by atoms with E-state index in [1.807, 2.05) is 19.9 Å². The number of rotatable bonds is 6. The van der Waals surface area contributed by atoms with Crippen LogP contribution in [0.25, 0.3) is 10.8 Å². The topological polar surface area (TPSA) is 132 Å². The summed E-state index contributed by atoms with van der Waals surface area (Å²) >= 11 is 0. The second-order valence-electron chi connectivity index (χ2n) is 9.14. The molecule has 0 saturated heterocycles. The molecule has 9 nitrogen and oxygen atoms in total. The lowest BCUT2D eigenvalue weighted by Gasteiger charge is -2.27. The zero-order chi connectivity index (χ0) is 23.3. The van der Waals surface area contributed by atoms with Gasteiger partial charge in [0.2, 0.25) is 5.88 Å². The summed E-state index contributed by atoms with van der Waals surface area (Å²) in [4.78, 5) is 25.8.